The second-order valence-electron chi connectivity index (χ2n) is 5.97. The van der Waals surface area contributed by atoms with Crippen LogP contribution in [-0.2, 0) is 11.2 Å². The van der Waals surface area contributed by atoms with Crippen molar-refractivity contribution in [2.75, 3.05) is 25.5 Å². The van der Waals surface area contributed by atoms with E-state index in [4.69, 9.17) is 10.00 Å². The lowest BCUT2D eigenvalue weighted by molar-refractivity contribution is 0.00848. The number of carbonyl (C=O) groups excluding carboxylic acids is 1. The number of urea groups is 1. The first-order chi connectivity index (χ1) is 11.1. The van der Waals surface area contributed by atoms with E-state index >= 15 is 0 Å². The number of rotatable bonds is 5. The smallest absolute Gasteiger partial charge is 0.321 e. The lowest BCUT2D eigenvalue weighted by atomic mass is 10.1. The number of benzene rings is 1. The molecule has 23 heavy (non-hydrogen) atoms. The molecule has 5 nitrogen and oxygen atoms in total. The van der Waals surface area contributed by atoms with Crippen LogP contribution in [0.3, 0.4) is 0 Å². The van der Waals surface area contributed by atoms with Gasteiger partial charge in [0, 0.05) is 25.9 Å². The maximum absolute atomic E-state index is 12.3. The van der Waals surface area contributed by atoms with Gasteiger partial charge in [-0.2, -0.15) is 5.26 Å². The summed E-state index contributed by atoms with van der Waals surface area (Å²) in [5.41, 5.74) is 2.36. The van der Waals surface area contributed by atoms with E-state index in [9.17, 15) is 4.79 Å². The van der Waals surface area contributed by atoms with Crippen LogP contribution in [0, 0.1) is 11.3 Å². The van der Waals surface area contributed by atoms with Gasteiger partial charge in [0.05, 0.1) is 17.7 Å². The molecule has 1 aliphatic heterocycles. The van der Waals surface area contributed by atoms with E-state index in [1.807, 2.05) is 13.0 Å². The van der Waals surface area contributed by atoms with Crippen molar-refractivity contribution in [1.29, 1.82) is 5.26 Å². The highest BCUT2D eigenvalue weighted by Crippen LogP contribution is 2.19. The van der Waals surface area contributed by atoms with Gasteiger partial charge in [0.15, 0.2) is 0 Å². The van der Waals surface area contributed by atoms with Gasteiger partial charge in [-0.05, 0) is 55.9 Å². The van der Waals surface area contributed by atoms with Gasteiger partial charge in [0.25, 0.3) is 0 Å². The van der Waals surface area contributed by atoms with Crippen LogP contribution in [0.1, 0.15) is 43.7 Å². The summed E-state index contributed by atoms with van der Waals surface area (Å²) < 4.78 is 5.70. The number of carbonyl (C=O) groups is 1. The van der Waals surface area contributed by atoms with Gasteiger partial charge >= 0.3 is 6.03 Å². The van der Waals surface area contributed by atoms with Crippen molar-refractivity contribution in [3.8, 4) is 6.07 Å². The highest BCUT2D eigenvalue weighted by molar-refractivity contribution is 5.90. The zero-order chi connectivity index (χ0) is 16.7. The zero-order valence-electron chi connectivity index (χ0n) is 14.0. The van der Waals surface area contributed by atoms with E-state index < -0.39 is 0 Å². The van der Waals surface area contributed by atoms with Gasteiger partial charge in [-0.3, -0.25) is 0 Å². The summed E-state index contributed by atoms with van der Waals surface area (Å²) in [5.74, 6) is 0. The summed E-state index contributed by atoms with van der Waals surface area (Å²) >= 11 is 0. The van der Waals surface area contributed by atoms with Gasteiger partial charge in [-0.1, -0.05) is 6.92 Å². The molecule has 2 rings (SSSR count). The highest BCUT2D eigenvalue weighted by Gasteiger charge is 2.17. The Kier molecular flexibility index (Phi) is 6.42. The zero-order valence-corrected chi connectivity index (χ0v) is 14.0. The number of amides is 2. The third kappa shape index (κ3) is 4.97. The van der Waals surface area contributed by atoms with Crippen molar-refractivity contribution in [2.24, 2.45) is 0 Å². The molecular weight excluding hydrogens is 290 g/mol. The largest absolute Gasteiger partial charge is 0.378 e. The Morgan fingerprint density at radius 1 is 1.48 bits per heavy atom. The minimum Gasteiger partial charge on any atom is -0.378 e. The predicted octanol–water partition coefficient (Wildman–Crippen LogP) is 3.54. The Hall–Kier alpha value is -2.06. The molecule has 0 bridgehead atoms. The lowest BCUT2D eigenvalue weighted by Crippen LogP contribution is -2.34. The molecule has 1 aromatic rings. The highest BCUT2D eigenvalue weighted by atomic mass is 16.5. The lowest BCUT2D eigenvalue weighted by Gasteiger charge is -2.25. The first kappa shape index (κ1) is 17.3. The van der Waals surface area contributed by atoms with Crippen molar-refractivity contribution in [3.05, 3.63) is 29.3 Å². The Morgan fingerprint density at radius 2 is 2.30 bits per heavy atom. The summed E-state index contributed by atoms with van der Waals surface area (Å²) in [4.78, 5) is 14.0. The number of hydrogen-bond donors (Lipinski definition) is 1. The van der Waals surface area contributed by atoms with E-state index in [1.54, 1.807) is 24.1 Å². The molecule has 0 spiro atoms. The van der Waals surface area contributed by atoms with E-state index in [-0.39, 0.29) is 12.1 Å². The SMILES string of the molecule is CCc1cc(C#N)ccc1NC(=O)N(C)CC[C@@H]1CCCCO1. The van der Waals surface area contributed by atoms with E-state index in [0.29, 0.717) is 12.1 Å². The molecule has 1 atom stereocenters. The van der Waals surface area contributed by atoms with Gasteiger partial charge in [-0.25, -0.2) is 4.79 Å². The summed E-state index contributed by atoms with van der Waals surface area (Å²) in [5, 5.41) is 11.9. The summed E-state index contributed by atoms with van der Waals surface area (Å²) in [6.07, 6.45) is 5.37. The Morgan fingerprint density at radius 3 is 2.96 bits per heavy atom. The Labute approximate surface area is 138 Å². The van der Waals surface area contributed by atoms with E-state index in [1.165, 1.54) is 6.42 Å². The van der Waals surface area contributed by atoms with Crippen LogP contribution in [-0.4, -0.2) is 37.2 Å². The standard InChI is InChI=1S/C18H25N3O2/c1-3-15-12-14(13-19)7-8-17(15)20-18(22)21(2)10-9-16-6-4-5-11-23-16/h7-8,12,16H,3-6,9-11H2,1-2H3,(H,20,22)/t16-/m0/s1. The van der Waals surface area contributed by atoms with Crippen molar-refractivity contribution in [3.63, 3.8) is 0 Å². The fraction of sp³-hybridized carbons (Fsp3) is 0.556. The average molecular weight is 315 g/mol. The van der Waals surface area contributed by atoms with Crippen molar-refractivity contribution >= 4 is 11.7 Å². The van der Waals surface area contributed by atoms with Crippen molar-refractivity contribution in [2.45, 2.75) is 45.1 Å². The molecule has 0 aliphatic carbocycles. The number of aryl methyl sites for hydroxylation is 1. The van der Waals surface area contributed by atoms with Crippen LogP contribution in [0.5, 0.6) is 0 Å². The Balaban J connectivity index is 1.89. The molecule has 1 aliphatic rings. The summed E-state index contributed by atoms with van der Waals surface area (Å²) in [7, 11) is 1.80. The van der Waals surface area contributed by atoms with E-state index in [2.05, 4.69) is 11.4 Å². The normalized spacial score (nSPS) is 17.3. The fourth-order valence-electron chi connectivity index (χ4n) is 2.76. The molecule has 1 fully saturated rings. The predicted molar refractivity (Wildman–Crippen MR) is 90.4 cm³/mol. The van der Waals surface area contributed by atoms with Crippen LogP contribution < -0.4 is 5.32 Å². The van der Waals surface area contributed by atoms with Crippen LogP contribution in [0.25, 0.3) is 0 Å². The van der Waals surface area contributed by atoms with Gasteiger partial charge in [0.2, 0.25) is 0 Å². The van der Waals surface area contributed by atoms with Crippen LogP contribution in [0.4, 0.5) is 10.5 Å². The molecule has 124 valence electrons. The number of ether oxygens (including phenoxy) is 1. The minimum absolute atomic E-state index is 0.125. The molecule has 1 N–H and O–H groups in total. The van der Waals surface area contributed by atoms with Crippen LogP contribution in [0.15, 0.2) is 18.2 Å². The van der Waals surface area contributed by atoms with Crippen LogP contribution in [0.2, 0.25) is 0 Å². The maximum Gasteiger partial charge on any atom is 0.321 e. The molecule has 1 saturated heterocycles. The molecule has 0 aromatic heterocycles. The number of anilines is 1. The van der Waals surface area contributed by atoms with Crippen molar-refractivity contribution in [1.82, 2.24) is 4.90 Å². The molecule has 1 aromatic carbocycles. The number of hydrogen-bond acceptors (Lipinski definition) is 3. The molecule has 0 saturated carbocycles. The van der Waals surface area contributed by atoms with Crippen molar-refractivity contribution < 1.29 is 9.53 Å². The minimum atomic E-state index is -0.125. The molecule has 0 radical (unpaired) electrons. The van der Waals surface area contributed by atoms with Gasteiger partial charge in [-0.15, -0.1) is 0 Å². The summed E-state index contributed by atoms with van der Waals surface area (Å²) in [6, 6.07) is 7.35. The average Bonchev–Trinajstić information content (AvgIpc) is 2.60. The third-order valence-corrected chi connectivity index (χ3v) is 4.26. The van der Waals surface area contributed by atoms with Gasteiger partial charge < -0.3 is 15.0 Å². The monoisotopic (exact) mass is 315 g/mol. The molecule has 1 heterocycles. The topological polar surface area (TPSA) is 65.4 Å². The fourth-order valence-corrected chi connectivity index (χ4v) is 2.76. The molecule has 2 amide bonds. The second-order valence-corrected chi connectivity index (χ2v) is 5.97. The first-order valence-electron chi connectivity index (χ1n) is 8.30. The number of nitriles is 1. The molecule has 0 unspecified atom stereocenters. The second kappa shape index (κ2) is 8.54. The van der Waals surface area contributed by atoms with Crippen LogP contribution >= 0.6 is 0 Å². The Bertz CT molecular complexity index is 574. The van der Waals surface area contributed by atoms with E-state index in [0.717, 1.165) is 43.5 Å². The van der Waals surface area contributed by atoms with Gasteiger partial charge in [0.1, 0.15) is 0 Å². The number of nitrogens with zero attached hydrogens (tertiary/aromatic N) is 2. The summed E-state index contributed by atoms with van der Waals surface area (Å²) in [6.45, 7) is 3.52. The number of nitrogens with one attached hydrogen (secondary N) is 1. The quantitative estimate of drug-likeness (QED) is 0.903. The first-order valence-corrected chi connectivity index (χ1v) is 8.30. The molecule has 5 heteroatoms. The third-order valence-electron chi connectivity index (χ3n) is 4.26. The molecular formula is C18H25N3O2. The maximum atomic E-state index is 12.3.